The monoisotopic (exact) mass is 470 g/mol. The molecular formula is C23H26N4O3S2. The second-order valence-electron chi connectivity index (χ2n) is 7.65. The fraction of sp³-hybridized carbons (Fsp3) is 0.304. The largest absolute Gasteiger partial charge is 0.325 e. The minimum absolute atomic E-state index is 0.170. The predicted octanol–water partition coefficient (Wildman–Crippen LogP) is 3.84. The molecule has 1 amide bonds. The number of imidazole rings is 1. The summed E-state index contributed by atoms with van der Waals surface area (Å²) in [5.74, 6) is 0.0375. The van der Waals surface area contributed by atoms with Crippen molar-refractivity contribution in [1.29, 1.82) is 0 Å². The van der Waals surface area contributed by atoms with E-state index in [0.717, 1.165) is 30.0 Å². The topological polar surface area (TPSA) is 84.3 Å². The van der Waals surface area contributed by atoms with Crippen LogP contribution in [-0.2, 0) is 21.4 Å². The number of aromatic nitrogens is 2. The van der Waals surface area contributed by atoms with Crippen LogP contribution in [0.3, 0.4) is 0 Å². The number of anilines is 1. The maximum Gasteiger partial charge on any atom is 0.243 e. The van der Waals surface area contributed by atoms with Crippen LogP contribution in [0.25, 0.3) is 0 Å². The second-order valence-corrected chi connectivity index (χ2v) is 10.5. The summed E-state index contributed by atoms with van der Waals surface area (Å²) in [6, 6.07) is 16.5. The van der Waals surface area contributed by atoms with Gasteiger partial charge in [-0.1, -0.05) is 48.5 Å². The van der Waals surface area contributed by atoms with Gasteiger partial charge in [-0.3, -0.25) is 4.79 Å². The van der Waals surface area contributed by atoms with Crippen molar-refractivity contribution in [3.8, 4) is 0 Å². The summed E-state index contributed by atoms with van der Waals surface area (Å²) >= 11 is 1.36. The molecule has 1 aromatic heterocycles. The number of rotatable bonds is 8. The molecule has 9 heteroatoms. The average molecular weight is 471 g/mol. The van der Waals surface area contributed by atoms with Gasteiger partial charge in [-0.25, -0.2) is 13.4 Å². The summed E-state index contributed by atoms with van der Waals surface area (Å²) < 4.78 is 29.0. The Labute approximate surface area is 192 Å². The summed E-state index contributed by atoms with van der Waals surface area (Å²) in [7, 11) is -3.47. The Morgan fingerprint density at radius 2 is 1.72 bits per heavy atom. The molecule has 0 radical (unpaired) electrons. The number of thioether (sulfide) groups is 1. The van der Waals surface area contributed by atoms with Gasteiger partial charge in [-0.2, -0.15) is 4.31 Å². The lowest BCUT2D eigenvalue weighted by atomic mass is 10.2. The van der Waals surface area contributed by atoms with Gasteiger partial charge in [0.2, 0.25) is 15.9 Å². The van der Waals surface area contributed by atoms with E-state index in [1.807, 2.05) is 29.0 Å². The highest BCUT2D eigenvalue weighted by Gasteiger charge is 2.25. The minimum Gasteiger partial charge on any atom is -0.325 e. The molecule has 32 heavy (non-hydrogen) atoms. The van der Waals surface area contributed by atoms with Crippen molar-refractivity contribution in [2.45, 2.75) is 35.9 Å². The molecule has 0 bridgehead atoms. The second kappa shape index (κ2) is 10.3. The van der Waals surface area contributed by atoms with Gasteiger partial charge in [-0.15, -0.1) is 0 Å². The zero-order valence-electron chi connectivity index (χ0n) is 17.7. The summed E-state index contributed by atoms with van der Waals surface area (Å²) in [6.07, 6.45) is 6.49. The van der Waals surface area contributed by atoms with E-state index in [2.05, 4.69) is 22.4 Å². The van der Waals surface area contributed by atoms with E-state index < -0.39 is 10.0 Å². The Bertz CT molecular complexity index is 1140. The van der Waals surface area contributed by atoms with Crippen LogP contribution in [0.2, 0.25) is 0 Å². The van der Waals surface area contributed by atoms with Gasteiger partial charge in [0.25, 0.3) is 0 Å². The summed E-state index contributed by atoms with van der Waals surface area (Å²) in [5.41, 5.74) is 1.73. The van der Waals surface area contributed by atoms with Crippen LogP contribution in [0.5, 0.6) is 0 Å². The zero-order chi connectivity index (χ0) is 22.4. The molecule has 0 atom stereocenters. The quantitative estimate of drug-likeness (QED) is 0.506. The number of sulfonamides is 1. The third-order valence-corrected chi connectivity index (χ3v) is 8.21. The first-order valence-corrected chi connectivity index (χ1v) is 13.0. The van der Waals surface area contributed by atoms with Crippen molar-refractivity contribution in [1.82, 2.24) is 13.9 Å². The van der Waals surface area contributed by atoms with Gasteiger partial charge in [0.1, 0.15) is 0 Å². The van der Waals surface area contributed by atoms with Crippen molar-refractivity contribution < 1.29 is 13.2 Å². The number of amides is 1. The molecule has 1 aliphatic heterocycles. The molecule has 1 fully saturated rings. The molecule has 3 aromatic rings. The Morgan fingerprint density at radius 1 is 1.00 bits per heavy atom. The summed E-state index contributed by atoms with van der Waals surface area (Å²) in [6.45, 7) is 1.83. The van der Waals surface area contributed by atoms with Crippen molar-refractivity contribution in [3.63, 3.8) is 0 Å². The van der Waals surface area contributed by atoms with E-state index in [1.165, 1.54) is 16.1 Å². The first-order valence-electron chi connectivity index (χ1n) is 10.6. The molecule has 1 N–H and O–H groups in total. The maximum atomic E-state index is 12.7. The molecule has 0 spiro atoms. The highest BCUT2D eigenvalue weighted by molar-refractivity contribution is 7.99. The number of hydrogen-bond donors (Lipinski definition) is 1. The van der Waals surface area contributed by atoms with Crippen molar-refractivity contribution in [2.75, 3.05) is 24.2 Å². The normalized spacial score (nSPS) is 14.9. The maximum absolute atomic E-state index is 12.7. The molecule has 0 saturated carbocycles. The van der Waals surface area contributed by atoms with Gasteiger partial charge in [0, 0.05) is 37.7 Å². The molecule has 0 unspecified atom stereocenters. The molecule has 2 aromatic carbocycles. The highest BCUT2D eigenvalue weighted by atomic mass is 32.2. The summed E-state index contributed by atoms with van der Waals surface area (Å²) in [5, 5.41) is 3.60. The molecule has 1 saturated heterocycles. The first-order chi connectivity index (χ1) is 15.5. The molecule has 168 valence electrons. The number of benzene rings is 2. The van der Waals surface area contributed by atoms with Crippen molar-refractivity contribution in [3.05, 3.63) is 72.6 Å². The number of carbonyl (C=O) groups excluding carboxylic acids is 1. The van der Waals surface area contributed by atoms with Crippen molar-refractivity contribution >= 4 is 33.4 Å². The molecule has 1 aliphatic rings. The van der Waals surface area contributed by atoms with Crippen LogP contribution in [-0.4, -0.2) is 47.0 Å². The smallest absolute Gasteiger partial charge is 0.243 e. The number of piperidine rings is 1. The lowest BCUT2D eigenvalue weighted by Crippen LogP contribution is -2.35. The third kappa shape index (κ3) is 5.59. The highest BCUT2D eigenvalue weighted by Crippen LogP contribution is 2.22. The lowest BCUT2D eigenvalue weighted by molar-refractivity contribution is -0.113. The minimum atomic E-state index is -3.47. The van der Waals surface area contributed by atoms with Gasteiger partial charge < -0.3 is 9.88 Å². The van der Waals surface area contributed by atoms with Gasteiger partial charge in [-0.05, 0) is 42.7 Å². The van der Waals surface area contributed by atoms with Crippen LogP contribution in [0.1, 0.15) is 24.8 Å². The molecular weight excluding hydrogens is 444 g/mol. The van der Waals surface area contributed by atoms with E-state index in [-0.39, 0.29) is 16.6 Å². The first kappa shape index (κ1) is 22.6. The fourth-order valence-electron chi connectivity index (χ4n) is 3.63. The lowest BCUT2D eigenvalue weighted by Gasteiger charge is -2.25. The van der Waals surface area contributed by atoms with Gasteiger partial charge in [0.15, 0.2) is 5.16 Å². The Morgan fingerprint density at radius 3 is 2.44 bits per heavy atom. The number of nitrogens with one attached hydrogen (secondary N) is 1. The number of nitrogens with zero attached hydrogens (tertiary/aromatic N) is 3. The van der Waals surface area contributed by atoms with E-state index in [4.69, 9.17) is 0 Å². The van der Waals surface area contributed by atoms with Crippen LogP contribution in [0.4, 0.5) is 5.69 Å². The van der Waals surface area contributed by atoms with Gasteiger partial charge in [0.05, 0.1) is 10.6 Å². The van der Waals surface area contributed by atoms with E-state index in [1.54, 1.807) is 30.5 Å². The number of hydrogen-bond acceptors (Lipinski definition) is 5. The predicted molar refractivity (Wildman–Crippen MR) is 126 cm³/mol. The fourth-order valence-corrected chi connectivity index (χ4v) is 5.90. The Balaban J connectivity index is 1.32. The average Bonchev–Trinajstić information content (AvgIpc) is 3.26. The van der Waals surface area contributed by atoms with E-state index in [0.29, 0.717) is 25.3 Å². The van der Waals surface area contributed by atoms with E-state index in [9.17, 15) is 13.2 Å². The van der Waals surface area contributed by atoms with Crippen LogP contribution in [0, 0.1) is 0 Å². The Kier molecular flexibility index (Phi) is 7.29. The third-order valence-electron chi connectivity index (χ3n) is 5.30. The summed E-state index contributed by atoms with van der Waals surface area (Å²) in [4.78, 5) is 17.0. The molecule has 0 aliphatic carbocycles. The van der Waals surface area contributed by atoms with E-state index >= 15 is 0 Å². The van der Waals surface area contributed by atoms with Crippen molar-refractivity contribution in [2.24, 2.45) is 0 Å². The van der Waals surface area contributed by atoms with Crippen LogP contribution in [0.15, 0.2) is 77.0 Å². The van der Waals surface area contributed by atoms with Gasteiger partial charge >= 0.3 is 0 Å². The molecule has 2 heterocycles. The number of carbonyl (C=O) groups is 1. The Hall–Kier alpha value is -2.62. The van der Waals surface area contributed by atoms with Crippen LogP contribution < -0.4 is 5.32 Å². The molecule has 4 rings (SSSR count). The SMILES string of the molecule is O=C(CSc1nccn1Cc1ccccc1)Nc1ccc(S(=O)(=O)N2CCCCC2)cc1. The standard InChI is InChI=1S/C23H26N4O3S2/c28-22(18-31-23-24-13-16-26(23)17-19-7-3-1-4-8-19)25-20-9-11-21(12-10-20)32(29,30)27-14-5-2-6-15-27/h1,3-4,7-13,16H,2,5-6,14-15,17-18H2,(H,25,28). The molecule has 7 nitrogen and oxygen atoms in total. The zero-order valence-corrected chi connectivity index (χ0v) is 19.3. The van der Waals surface area contributed by atoms with Crippen LogP contribution >= 0.6 is 11.8 Å².